The fraction of sp³-hybridized carbons (Fsp3) is 0.364. The molecule has 0 radical (unpaired) electrons. The SMILES string of the molecule is COc1cccc(C(=O)NC2CC2)c1O. The zero-order valence-electron chi connectivity index (χ0n) is 8.49. The predicted molar refractivity (Wildman–Crippen MR) is 55.1 cm³/mol. The van der Waals surface area contributed by atoms with E-state index in [4.69, 9.17) is 4.74 Å². The Kier molecular flexibility index (Phi) is 2.49. The van der Waals surface area contributed by atoms with Crippen molar-refractivity contribution in [1.29, 1.82) is 0 Å². The van der Waals surface area contributed by atoms with Gasteiger partial charge in [0, 0.05) is 6.04 Å². The molecule has 1 aliphatic rings. The zero-order chi connectivity index (χ0) is 10.8. The van der Waals surface area contributed by atoms with Gasteiger partial charge in [-0.25, -0.2) is 0 Å². The molecule has 1 saturated carbocycles. The van der Waals surface area contributed by atoms with Gasteiger partial charge in [0.2, 0.25) is 0 Å². The first kappa shape index (κ1) is 9.83. The fourth-order valence-corrected chi connectivity index (χ4v) is 1.36. The third-order valence-corrected chi connectivity index (χ3v) is 2.38. The van der Waals surface area contributed by atoms with E-state index in [0.29, 0.717) is 5.75 Å². The Bertz CT molecular complexity index is 385. The van der Waals surface area contributed by atoms with Gasteiger partial charge in [0.05, 0.1) is 12.7 Å². The first-order valence-electron chi connectivity index (χ1n) is 4.89. The number of ether oxygens (including phenoxy) is 1. The van der Waals surface area contributed by atoms with Gasteiger partial charge >= 0.3 is 0 Å². The van der Waals surface area contributed by atoms with E-state index in [0.717, 1.165) is 12.8 Å². The quantitative estimate of drug-likeness (QED) is 0.785. The maximum absolute atomic E-state index is 11.7. The molecule has 2 rings (SSSR count). The Hall–Kier alpha value is -1.71. The summed E-state index contributed by atoms with van der Waals surface area (Å²) >= 11 is 0. The highest BCUT2D eigenvalue weighted by molar-refractivity contribution is 5.97. The second-order valence-electron chi connectivity index (χ2n) is 3.60. The molecule has 4 heteroatoms. The molecular formula is C11H13NO3. The van der Waals surface area contributed by atoms with E-state index >= 15 is 0 Å². The van der Waals surface area contributed by atoms with Crippen LogP contribution in [0.5, 0.6) is 11.5 Å². The van der Waals surface area contributed by atoms with Crippen LogP contribution in [0, 0.1) is 0 Å². The first-order chi connectivity index (χ1) is 7.22. The van der Waals surface area contributed by atoms with E-state index in [1.807, 2.05) is 0 Å². The van der Waals surface area contributed by atoms with E-state index in [2.05, 4.69) is 5.32 Å². The van der Waals surface area contributed by atoms with Gasteiger partial charge < -0.3 is 15.2 Å². The molecule has 4 nitrogen and oxygen atoms in total. The van der Waals surface area contributed by atoms with Crippen LogP contribution in [-0.2, 0) is 0 Å². The van der Waals surface area contributed by atoms with Gasteiger partial charge in [-0.15, -0.1) is 0 Å². The number of hydrogen-bond donors (Lipinski definition) is 2. The molecule has 1 aromatic rings. The minimum Gasteiger partial charge on any atom is -0.504 e. The van der Waals surface area contributed by atoms with Crippen molar-refractivity contribution < 1.29 is 14.6 Å². The second-order valence-corrected chi connectivity index (χ2v) is 3.60. The topological polar surface area (TPSA) is 58.6 Å². The molecule has 0 spiro atoms. The van der Waals surface area contributed by atoms with E-state index in [1.165, 1.54) is 7.11 Å². The van der Waals surface area contributed by atoms with Gasteiger partial charge in [0.15, 0.2) is 11.5 Å². The Balaban J connectivity index is 2.22. The largest absolute Gasteiger partial charge is 0.504 e. The van der Waals surface area contributed by atoms with Crippen LogP contribution in [0.25, 0.3) is 0 Å². The van der Waals surface area contributed by atoms with Gasteiger partial charge in [-0.2, -0.15) is 0 Å². The number of phenols is 1. The van der Waals surface area contributed by atoms with Crippen LogP contribution in [0.3, 0.4) is 0 Å². The summed E-state index contributed by atoms with van der Waals surface area (Å²) in [5.74, 6) is -0.0227. The van der Waals surface area contributed by atoms with Crippen LogP contribution in [-0.4, -0.2) is 24.2 Å². The lowest BCUT2D eigenvalue weighted by Crippen LogP contribution is -2.25. The van der Waals surface area contributed by atoms with Crippen molar-refractivity contribution in [3.63, 3.8) is 0 Å². The summed E-state index contributed by atoms with van der Waals surface area (Å²) in [6, 6.07) is 5.15. The molecule has 0 heterocycles. The van der Waals surface area contributed by atoms with Crippen LogP contribution >= 0.6 is 0 Å². The lowest BCUT2D eigenvalue weighted by molar-refractivity contribution is 0.0948. The number of benzene rings is 1. The molecule has 0 unspecified atom stereocenters. The average molecular weight is 207 g/mol. The number of para-hydroxylation sites is 1. The minimum atomic E-state index is -0.242. The number of nitrogens with one attached hydrogen (secondary N) is 1. The number of hydrogen-bond acceptors (Lipinski definition) is 3. The van der Waals surface area contributed by atoms with Crippen molar-refractivity contribution >= 4 is 5.91 Å². The molecule has 1 fully saturated rings. The van der Waals surface area contributed by atoms with Crippen LogP contribution in [0.2, 0.25) is 0 Å². The summed E-state index contributed by atoms with van der Waals surface area (Å²) in [6.45, 7) is 0. The van der Waals surface area contributed by atoms with Gasteiger partial charge in [-0.3, -0.25) is 4.79 Å². The van der Waals surface area contributed by atoms with Gasteiger partial charge in [0.25, 0.3) is 5.91 Å². The van der Waals surface area contributed by atoms with Gasteiger partial charge in [-0.1, -0.05) is 6.07 Å². The molecule has 0 aromatic heterocycles. The summed E-state index contributed by atoms with van der Waals surface area (Å²) in [7, 11) is 1.46. The molecule has 1 aromatic carbocycles. The lowest BCUT2D eigenvalue weighted by Gasteiger charge is -2.08. The van der Waals surface area contributed by atoms with Crippen LogP contribution < -0.4 is 10.1 Å². The van der Waals surface area contributed by atoms with E-state index in [1.54, 1.807) is 18.2 Å². The molecule has 0 atom stereocenters. The molecule has 80 valence electrons. The van der Waals surface area contributed by atoms with Crippen LogP contribution in [0.15, 0.2) is 18.2 Å². The zero-order valence-corrected chi connectivity index (χ0v) is 8.49. The number of rotatable bonds is 3. The third-order valence-electron chi connectivity index (χ3n) is 2.38. The number of aromatic hydroxyl groups is 1. The predicted octanol–water partition coefficient (Wildman–Crippen LogP) is 1.29. The Morgan fingerprint density at radius 2 is 2.27 bits per heavy atom. The smallest absolute Gasteiger partial charge is 0.255 e. The second kappa shape index (κ2) is 3.81. The van der Waals surface area contributed by atoms with Crippen LogP contribution in [0.4, 0.5) is 0 Å². The summed E-state index contributed by atoms with van der Waals surface area (Å²) in [4.78, 5) is 11.7. The highest BCUT2D eigenvalue weighted by Gasteiger charge is 2.25. The Labute approximate surface area is 87.9 Å². The number of carbonyl (C=O) groups is 1. The number of carbonyl (C=O) groups excluding carboxylic acids is 1. The van der Waals surface area contributed by atoms with E-state index in [-0.39, 0.29) is 23.3 Å². The molecule has 1 aliphatic carbocycles. The van der Waals surface area contributed by atoms with Crippen molar-refractivity contribution in [2.75, 3.05) is 7.11 Å². The number of phenolic OH excluding ortho intramolecular Hbond substituents is 1. The summed E-state index contributed by atoms with van der Waals surface area (Å²) in [6.07, 6.45) is 2.05. The summed E-state index contributed by atoms with van der Waals surface area (Å²) in [5.41, 5.74) is 0.265. The lowest BCUT2D eigenvalue weighted by atomic mass is 10.1. The van der Waals surface area contributed by atoms with Crippen molar-refractivity contribution in [1.82, 2.24) is 5.32 Å². The molecule has 0 aliphatic heterocycles. The number of amides is 1. The standard InChI is InChI=1S/C11H13NO3/c1-15-9-4-2-3-8(10(9)13)11(14)12-7-5-6-7/h2-4,7,13H,5-6H2,1H3,(H,12,14). The molecular weight excluding hydrogens is 194 g/mol. The molecule has 1 amide bonds. The maximum atomic E-state index is 11.7. The monoisotopic (exact) mass is 207 g/mol. The fourth-order valence-electron chi connectivity index (χ4n) is 1.36. The first-order valence-corrected chi connectivity index (χ1v) is 4.89. The van der Waals surface area contributed by atoms with Crippen molar-refractivity contribution in [2.24, 2.45) is 0 Å². The maximum Gasteiger partial charge on any atom is 0.255 e. The molecule has 2 N–H and O–H groups in total. The Morgan fingerprint density at radius 3 is 2.87 bits per heavy atom. The van der Waals surface area contributed by atoms with Gasteiger partial charge in [0.1, 0.15) is 0 Å². The van der Waals surface area contributed by atoms with Crippen LogP contribution in [0.1, 0.15) is 23.2 Å². The highest BCUT2D eigenvalue weighted by Crippen LogP contribution is 2.30. The molecule has 15 heavy (non-hydrogen) atoms. The van der Waals surface area contributed by atoms with E-state index in [9.17, 15) is 9.90 Å². The summed E-state index contributed by atoms with van der Waals surface area (Å²) in [5, 5.41) is 12.5. The highest BCUT2D eigenvalue weighted by atomic mass is 16.5. The third kappa shape index (κ3) is 2.03. The van der Waals surface area contributed by atoms with Crippen molar-refractivity contribution in [3.8, 4) is 11.5 Å². The summed E-state index contributed by atoms with van der Waals surface area (Å²) < 4.78 is 4.93. The normalized spacial score (nSPS) is 14.7. The Morgan fingerprint density at radius 1 is 1.53 bits per heavy atom. The van der Waals surface area contributed by atoms with Crippen molar-refractivity contribution in [2.45, 2.75) is 18.9 Å². The van der Waals surface area contributed by atoms with Crippen molar-refractivity contribution in [3.05, 3.63) is 23.8 Å². The molecule has 0 bridgehead atoms. The molecule has 0 saturated heterocycles. The average Bonchev–Trinajstić information content (AvgIpc) is 3.02. The van der Waals surface area contributed by atoms with Gasteiger partial charge in [-0.05, 0) is 25.0 Å². The minimum absolute atomic E-state index is 0.0989. The van der Waals surface area contributed by atoms with E-state index < -0.39 is 0 Å². The number of methoxy groups -OCH3 is 1.